The minimum Gasteiger partial charge on any atom is -0.459 e. The maximum absolute atomic E-state index is 13.7. The number of hydroxylamine groups is 1. The van der Waals surface area contributed by atoms with Crippen LogP contribution in [0.4, 0.5) is 11.4 Å². The van der Waals surface area contributed by atoms with Gasteiger partial charge in [0.1, 0.15) is 23.5 Å². The van der Waals surface area contributed by atoms with E-state index in [1.54, 1.807) is 29.3 Å². The number of carbonyl (C=O) groups excluding carboxylic acids is 2. The summed E-state index contributed by atoms with van der Waals surface area (Å²) in [6.07, 6.45) is -0.968. The lowest BCUT2D eigenvalue weighted by Gasteiger charge is -2.27. The lowest BCUT2D eigenvalue weighted by atomic mass is 9.94. The molecule has 2 aliphatic heterocycles. The van der Waals surface area contributed by atoms with E-state index in [-0.39, 0.29) is 5.91 Å². The van der Waals surface area contributed by atoms with E-state index in [4.69, 9.17) is 20.9 Å². The minimum absolute atomic E-state index is 0.340. The van der Waals surface area contributed by atoms with Gasteiger partial charge in [0.2, 0.25) is 5.91 Å². The van der Waals surface area contributed by atoms with Crippen LogP contribution in [-0.2, 0) is 14.4 Å². The van der Waals surface area contributed by atoms with Gasteiger partial charge in [-0.25, -0.2) is 9.96 Å². The van der Waals surface area contributed by atoms with Gasteiger partial charge in [-0.1, -0.05) is 57.9 Å². The fourth-order valence-electron chi connectivity index (χ4n) is 4.63. The quantitative estimate of drug-likeness (QED) is 0.275. The number of halogens is 2. The number of hydrogen-bond donors (Lipinski definition) is 0. The highest BCUT2D eigenvalue weighted by Crippen LogP contribution is 2.48. The summed E-state index contributed by atoms with van der Waals surface area (Å²) in [5.74, 6) is -0.325. The number of anilines is 2. The van der Waals surface area contributed by atoms with Crippen molar-refractivity contribution < 1.29 is 18.8 Å². The normalized spacial score (nSPS) is 21.6. The SMILES string of the molecule is O=C1[C@@H]2[C@@H](c3ccc(-c4ccc(Br)cc4)o3)N(c3ccccc3)O[C@H]2C(=O)N1c1ccc(Cl)cc1. The number of benzene rings is 3. The molecule has 3 heterocycles. The molecule has 4 aromatic rings. The summed E-state index contributed by atoms with van der Waals surface area (Å²) in [6.45, 7) is 0. The van der Waals surface area contributed by atoms with Crippen LogP contribution in [0.5, 0.6) is 0 Å². The molecule has 8 heteroatoms. The summed E-state index contributed by atoms with van der Waals surface area (Å²) >= 11 is 9.45. The second-order valence-corrected chi connectivity index (χ2v) is 9.71. The topological polar surface area (TPSA) is 63.0 Å². The van der Waals surface area contributed by atoms with E-state index in [9.17, 15) is 9.59 Å². The molecule has 3 aromatic carbocycles. The predicted octanol–water partition coefficient (Wildman–Crippen LogP) is 6.41. The Morgan fingerprint density at radius 3 is 2.20 bits per heavy atom. The van der Waals surface area contributed by atoms with E-state index >= 15 is 0 Å². The smallest absolute Gasteiger partial charge is 0.266 e. The number of hydrogen-bond acceptors (Lipinski definition) is 5. The summed E-state index contributed by atoms with van der Waals surface area (Å²) in [5, 5.41) is 2.14. The van der Waals surface area contributed by atoms with Gasteiger partial charge in [0.15, 0.2) is 6.10 Å². The highest BCUT2D eigenvalue weighted by molar-refractivity contribution is 9.10. The molecule has 0 spiro atoms. The first-order chi connectivity index (χ1) is 17.0. The standard InChI is InChI=1S/C27H18BrClN2O4/c28-17-8-6-16(7-9-17)21-14-15-22(34-21)24-23-25(35-31(24)20-4-2-1-3-5-20)27(33)30(26(23)32)19-12-10-18(29)11-13-19/h1-15,23-25H/t23-,24-,25-/m1/s1. The van der Waals surface area contributed by atoms with Crippen molar-refractivity contribution in [2.75, 3.05) is 9.96 Å². The van der Waals surface area contributed by atoms with Gasteiger partial charge >= 0.3 is 0 Å². The third-order valence-electron chi connectivity index (χ3n) is 6.26. The highest BCUT2D eigenvalue weighted by Gasteiger charge is 2.61. The molecule has 0 saturated carbocycles. The zero-order valence-electron chi connectivity index (χ0n) is 18.2. The number of nitrogens with zero attached hydrogens (tertiary/aromatic N) is 2. The average Bonchev–Trinajstić information content (AvgIpc) is 3.56. The number of amides is 2. The zero-order valence-corrected chi connectivity index (χ0v) is 20.5. The second kappa shape index (κ2) is 8.68. The van der Waals surface area contributed by atoms with Crippen LogP contribution in [0, 0.1) is 5.92 Å². The van der Waals surface area contributed by atoms with Gasteiger partial charge in [0, 0.05) is 15.1 Å². The molecule has 2 fully saturated rings. The number of fused-ring (bicyclic) bond motifs is 1. The highest BCUT2D eigenvalue weighted by atomic mass is 79.9. The molecule has 0 radical (unpaired) electrons. The first kappa shape index (κ1) is 22.1. The zero-order chi connectivity index (χ0) is 24.1. The van der Waals surface area contributed by atoms with Crippen molar-refractivity contribution in [3.05, 3.63) is 106 Å². The van der Waals surface area contributed by atoms with Gasteiger partial charge < -0.3 is 4.42 Å². The number of rotatable bonds is 4. The molecule has 2 amide bonds. The van der Waals surface area contributed by atoms with Gasteiger partial charge in [-0.2, -0.15) is 0 Å². The van der Waals surface area contributed by atoms with Crippen LogP contribution in [0.15, 0.2) is 99.9 Å². The molecule has 3 atom stereocenters. The van der Waals surface area contributed by atoms with Gasteiger partial charge in [0.25, 0.3) is 5.91 Å². The summed E-state index contributed by atoms with van der Waals surface area (Å²) in [5.41, 5.74) is 2.09. The van der Waals surface area contributed by atoms with E-state index in [1.165, 1.54) is 4.90 Å². The molecule has 6 rings (SSSR count). The van der Waals surface area contributed by atoms with Crippen molar-refractivity contribution in [2.45, 2.75) is 12.1 Å². The van der Waals surface area contributed by atoms with Crippen LogP contribution in [-0.4, -0.2) is 17.9 Å². The Morgan fingerprint density at radius 1 is 0.771 bits per heavy atom. The fourth-order valence-corrected chi connectivity index (χ4v) is 5.02. The van der Waals surface area contributed by atoms with E-state index in [2.05, 4.69) is 15.9 Å². The van der Waals surface area contributed by atoms with Gasteiger partial charge in [0.05, 0.1) is 11.4 Å². The Kier molecular flexibility index (Phi) is 5.48. The number of imide groups is 1. The largest absolute Gasteiger partial charge is 0.459 e. The van der Waals surface area contributed by atoms with E-state index in [0.717, 1.165) is 15.7 Å². The van der Waals surface area contributed by atoms with E-state index < -0.39 is 24.0 Å². The van der Waals surface area contributed by atoms with Crippen molar-refractivity contribution in [1.29, 1.82) is 0 Å². The van der Waals surface area contributed by atoms with Gasteiger partial charge in [-0.15, -0.1) is 0 Å². The molecular formula is C27H18BrClN2O4. The monoisotopic (exact) mass is 548 g/mol. The third-order valence-corrected chi connectivity index (χ3v) is 7.04. The molecule has 6 nitrogen and oxygen atoms in total. The van der Waals surface area contributed by atoms with Crippen molar-refractivity contribution in [1.82, 2.24) is 0 Å². The lowest BCUT2D eigenvalue weighted by molar-refractivity contribution is -0.126. The fraction of sp³-hybridized carbons (Fsp3) is 0.111. The Hall–Kier alpha value is -3.39. The molecule has 35 heavy (non-hydrogen) atoms. The molecule has 2 saturated heterocycles. The third kappa shape index (κ3) is 3.76. The summed E-state index contributed by atoms with van der Waals surface area (Å²) in [4.78, 5) is 34.4. The average molecular weight is 550 g/mol. The predicted molar refractivity (Wildman–Crippen MR) is 136 cm³/mol. The molecule has 0 bridgehead atoms. The molecular weight excluding hydrogens is 532 g/mol. The molecule has 2 aliphatic rings. The van der Waals surface area contributed by atoms with Crippen molar-refractivity contribution >= 4 is 50.7 Å². The maximum Gasteiger partial charge on any atom is 0.266 e. The van der Waals surface area contributed by atoms with Crippen LogP contribution >= 0.6 is 27.5 Å². The maximum atomic E-state index is 13.7. The molecule has 0 aliphatic carbocycles. The number of para-hydroxylation sites is 1. The summed E-state index contributed by atoms with van der Waals surface area (Å²) in [6, 6.07) is 26.9. The van der Waals surface area contributed by atoms with Crippen LogP contribution in [0.3, 0.4) is 0 Å². The molecule has 0 unspecified atom stereocenters. The summed E-state index contributed by atoms with van der Waals surface area (Å²) in [7, 11) is 0. The van der Waals surface area contributed by atoms with Crippen LogP contribution in [0.25, 0.3) is 11.3 Å². The molecule has 1 aromatic heterocycles. The lowest BCUT2D eigenvalue weighted by Crippen LogP contribution is -2.37. The summed E-state index contributed by atoms with van der Waals surface area (Å²) < 4.78 is 7.22. The van der Waals surface area contributed by atoms with Crippen LogP contribution in [0.2, 0.25) is 5.02 Å². The second-order valence-electron chi connectivity index (χ2n) is 8.36. The first-order valence-electron chi connectivity index (χ1n) is 11.0. The van der Waals surface area contributed by atoms with Crippen molar-refractivity contribution in [3.63, 3.8) is 0 Å². The van der Waals surface area contributed by atoms with Crippen LogP contribution in [0.1, 0.15) is 11.8 Å². The van der Waals surface area contributed by atoms with Crippen LogP contribution < -0.4 is 9.96 Å². The van der Waals surface area contributed by atoms with Crippen molar-refractivity contribution in [3.8, 4) is 11.3 Å². The minimum atomic E-state index is -0.968. The van der Waals surface area contributed by atoms with E-state index in [1.807, 2.05) is 66.7 Å². The van der Waals surface area contributed by atoms with Gasteiger partial charge in [-0.3, -0.25) is 14.4 Å². The molecule has 0 N–H and O–H groups in total. The Labute approximate surface area is 214 Å². The molecule has 174 valence electrons. The van der Waals surface area contributed by atoms with Crippen molar-refractivity contribution in [2.24, 2.45) is 5.92 Å². The Bertz CT molecular complexity index is 1410. The Morgan fingerprint density at radius 2 is 1.49 bits per heavy atom. The number of carbonyl (C=O) groups is 2. The first-order valence-corrected chi connectivity index (χ1v) is 12.2. The number of furan rings is 1. The van der Waals surface area contributed by atoms with E-state index in [0.29, 0.717) is 22.2 Å². The van der Waals surface area contributed by atoms with Gasteiger partial charge in [-0.05, 0) is 60.7 Å². The Balaban J connectivity index is 1.41.